The Labute approximate surface area is 188 Å². The van der Waals surface area contributed by atoms with Crippen molar-refractivity contribution in [1.82, 2.24) is 9.80 Å². The van der Waals surface area contributed by atoms with Crippen LogP contribution in [-0.4, -0.2) is 47.7 Å². The molecule has 0 spiro atoms. The van der Waals surface area contributed by atoms with Crippen molar-refractivity contribution >= 4 is 11.7 Å². The molecule has 1 saturated heterocycles. The molecule has 0 radical (unpaired) electrons. The number of hydrogen-bond acceptors (Lipinski definition) is 5. The molecular formula is C26H28N2O4. The van der Waals surface area contributed by atoms with Crippen molar-refractivity contribution in [3.8, 4) is 5.75 Å². The van der Waals surface area contributed by atoms with Gasteiger partial charge in [-0.1, -0.05) is 24.3 Å². The number of ketones is 1. The van der Waals surface area contributed by atoms with Crippen LogP contribution in [0.3, 0.4) is 0 Å². The fourth-order valence-electron chi connectivity index (χ4n) is 3.80. The molecule has 166 valence electrons. The second kappa shape index (κ2) is 9.83. The van der Waals surface area contributed by atoms with Gasteiger partial charge in [0.25, 0.3) is 5.91 Å². The Morgan fingerprint density at radius 3 is 2.34 bits per heavy atom. The first-order valence-corrected chi connectivity index (χ1v) is 10.9. The summed E-state index contributed by atoms with van der Waals surface area (Å²) in [5.74, 6) is 1.49. The van der Waals surface area contributed by atoms with Crippen molar-refractivity contribution in [3.05, 3.63) is 88.9 Å². The second-order valence-electron chi connectivity index (χ2n) is 8.13. The SMILES string of the molecule is CC(=O)c1ccc(OCc2ccc(C(=O)N3CCN(Cc4ccccc4C)CC3)o2)cc1. The van der Waals surface area contributed by atoms with E-state index in [1.54, 1.807) is 36.4 Å². The highest BCUT2D eigenvalue weighted by atomic mass is 16.5. The van der Waals surface area contributed by atoms with Gasteiger partial charge >= 0.3 is 0 Å². The number of ether oxygens (including phenoxy) is 1. The number of carbonyl (C=O) groups excluding carboxylic acids is 2. The molecule has 0 unspecified atom stereocenters. The van der Waals surface area contributed by atoms with E-state index in [0.29, 0.717) is 35.9 Å². The number of furan rings is 1. The van der Waals surface area contributed by atoms with Crippen LogP contribution in [-0.2, 0) is 13.2 Å². The van der Waals surface area contributed by atoms with Crippen LogP contribution in [0, 0.1) is 6.92 Å². The Hall–Kier alpha value is -3.38. The molecule has 0 aliphatic carbocycles. The van der Waals surface area contributed by atoms with E-state index in [1.807, 2.05) is 4.90 Å². The molecule has 3 aromatic rings. The van der Waals surface area contributed by atoms with Crippen LogP contribution in [0.25, 0.3) is 0 Å². The molecule has 0 atom stereocenters. The zero-order chi connectivity index (χ0) is 22.5. The Morgan fingerprint density at radius 1 is 0.938 bits per heavy atom. The predicted octanol–water partition coefficient (Wildman–Crippen LogP) is 4.33. The number of amides is 1. The van der Waals surface area contributed by atoms with Gasteiger partial charge in [0.05, 0.1) is 0 Å². The van der Waals surface area contributed by atoms with Crippen molar-refractivity contribution in [2.75, 3.05) is 26.2 Å². The first-order chi connectivity index (χ1) is 15.5. The smallest absolute Gasteiger partial charge is 0.289 e. The highest BCUT2D eigenvalue weighted by Gasteiger charge is 2.24. The number of piperazine rings is 1. The van der Waals surface area contributed by atoms with Gasteiger partial charge in [-0.3, -0.25) is 14.5 Å². The Bertz CT molecular complexity index is 1080. The van der Waals surface area contributed by atoms with Gasteiger partial charge in [-0.05, 0) is 61.4 Å². The van der Waals surface area contributed by atoms with E-state index in [1.165, 1.54) is 18.1 Å². The molecule has 1 amide bonds. The fraction of sp³-hybridized carbons (Fsp3) is 0.308. The summed E-state index contributed by atoms with van der Waals surface area (Å²) in [4.78, 5) is 28.4. The molecule has 4 rings (SSSR count). The van der Waals surface area contributed by atoms with E-state index in [0.717, 1.165) is 19.6 Å². The maximum absolute atomic E-state index is 12.8. The van der Waals surface area contributed by atoms with Gasteiger partial charge in [0.1, 0.15) is 18.1 Å². The topological polar surface area (TPSA) is 63.0 Å². The summed E-state index contributed by atoms with van der Waals surface area (Å²) < 4.78 is 11.4. The van der Waals surface area contributed by atoms with Crippen molar-refractivity contribution in [2.45, 2.75) is 27.0 Å². The minimum Gasteiger partial charge on any atom is -0.486 e. The monoisotopic (exact) mass is 432 g/mol. The highest BCUT2D eigenvalue weighted by Crippen LogP contribution is 2.18. The maximum Gasteiger partial charge on any atom is 0.289 e. The van der Waals surface area contributed by atoms with E-state index in [2.05, 4.69) is 36.1 Å². The van der Waals surface area contributed by atoms with Crippen LogP contribution in [0.15, 0.2) is 65.1 Å². The zero-order valence-electron chi connectivity index (χ0n) is 18.5. The van der Waals surface area contributed by atoms with E-state index in [9.17, 15) is 9.59 Å². The van der Waals surface area contributed by atoms with Crippen LogP contribution in [0.2, 0.25) is 0 Å². The molecule has 6 heteroatoms. The average molecular weight is 433 g/mol. The average Bonchev–Trinajstić information content (AvgIpc) is 3.29. The van der Waals surface area contributed by atoms with Crippen molar-refractivity contribution < 1.29 is 18.7 Å². The van der Waals surface area contributed by atoms with Gasteiger partial charge in [0, 0.05) is 38.3 Å². The minimum atomic E-state index is -0.0856. The van der Waals surface area contributed by atoms with Gasteiger partial charge < -0.3 is 14.1 Å². The molecule has 1 aromatic heterocycles. The Kier molecular flexibility index (Phi) is 6.71. The summed E-state index contributed by atoms with van der Waals surface area (Å²) >= 11 is 0. The number of hydrogen-bond donors (Lipinski definition) is 0. The standard InChI is InChI=1S/C26H28N2O4/c1-19-5-3-4-6-22(19)17-27-13-15-28(16-14-27)26(30)25-12-11-24(32-25)18-31-23-9-7-21(8-10-23)20(2)29/h3-12H,13-18H2,1-2H3. The predicted molar refractivity (Wildman–Crippen MR) is 122 cm³/mol. The van der Waals surface area contributed by atoms with Gasteiger partial charge in [-0.2, -0.15) is 0 Å². The minimum absolute atomic E-state index is 0.0155. The number of aryl methyl sites for hydroxylation is 1. The molecule has 2 heterocycles. The van der Waals surface area contributed by atoms with E-state index in [-0.39, 0.29) is 18.3 Å². The van der Waals surface area contributed by atoms with Crippen molar-refractivity contribution in [3.63, 3.8) is 0 Å². The first kappa shape index (κ1) is 21.8. The maximum atomic E-state index is 12.8. The van der Waals surface area contributed by atoms with Gasteiger partial charge in [-0.25, -0.2) is 0 Å². The molecule has 1 fully saturated rings. The fourth-order valence-corrected chi connectivity index (χ4v) is 3.80. The molecule has 32 heavy (non-hydrogen) atoms. The molecule has 0 saturated carbocycles. The third kappa shape index (κ3) is 5.26. The summed E-state index contributed by atoms with van der Waals surface area (Å²) in [7, 11) is 0. The number of carbonyl (C=O) groups is 2. The lowest BCUT2D eigenvalue weighted by atomic mass is 10.1. The lowest BCUT2D eigenvalue weighted by Crippen LogP contribution is -2.48. The normalized spacial score (nSPS) is 14.4. The van der Waals surface area contributed by atoms with Gasteiger partial charge in [-0.15, -0.1) is 0 Å². The lowest BCUT2D eigenvalue weighted by Gasteiger charge is -2.34. The number of rotatable bonds is 7. The van der Waals surface area contributed by atoms with E-state index < -0.39 is 0 Å². The molecular weight excluding hydrogens is 404 g/mol. The lowest BCUT2D eigenvalue weighted by molar-refractivity contribution is 0.0594. The van der Waals surface area contributed by atoms with Crippen LogP contribution in [0.5, 0.6) is 5.75 Å². The summed E-state index contributed by atoms with van der Waals surface area (Å²) in [6, 6.07) is 18.9. The van der Waals surface area contributed by atoms with Crippen molar-refractivity contribution in [1.29, 1.82) is 0 Å². The van der Waals surface area contributed by atoms with Gasteiger partial charge in [0.2, 0.25) is 0 Å². The van der Waals surface area contributed by atoms with Gasteiger partial charge in [0.15, 0.2) is 11.5 Å². The molecule has 1 aliphatic heterocycles. The van der Waals surface area contributed by atoms with Crippen LogP contribution in [0.4, 0.5) is 0 Å². The molecule has 0 bridgehead atoms. The molecule has 0 N–H and O–H groups in total. The van der Waals surface area contributed by atoms with Crippen LogP contribution in [0.1, 0.15) is 44.7 Å². The number of nitrogens with zero attached hydrogens (tertiary/aromatic N) is 2. The molecule has 1 aliphatic rings. The summed E-state index contributed by atoms with van der Waals surface area (Å²) in [6.07, 6.45) is 0. The number of benzene rings is 2. The molecule has 6 nitrogen and oxygen atoms in total. The third-order valence-electron chi connectivity index (χ3n) is 5.83. The largest absolute Gasteiger partial charge is 0.486 e. The highest BCUT2D eigenvalue weighted by molar-refractivity contribution is 5.94. The van der Waals surface area contributed by atoms with Crippen molar-refractivity contribution in [2.24, 2.45) is 0 Å². The van der Waals surface area contributed by atoms with Crippen LogP contribution >= 0.6 is 0 Å². The number of Topliss-reactive ketones (excluding diaryl/α,β-unsaturated/α-hetero) is 1. The summed E-state index contributed by atoms with van der Waals surface area (Å²) in [5, 5.41) is 0. The zero-order valence-corrected chi connectivity index (χ0v) is 18.5. The Balaban J connectivity index is 1.27. The Morgan fingerprint density at radius 2 is 1.66 bits per heavy atom. The van der Waals surface area contributed by atoms with E-state index >= 15 is 0 Å². The van der Waals surface area contributed by atoms with E-state index in [4.69, 9.17) is 9.15 Å². The third-order valence-corrected chi connectivity index (χ3v) is 5.83. The summed E-state index contributed by atoms with van der Waals surface area (Å²) in [5.41, 5.74) is 3.27. The summed E-state index contributed by atoms with van der Waals surface area (Å²) in [6.45, 7) is 7.83. The first-order valence-electron chi connectivity index (χ1n) is 10.9. The van der Waals surface area contributed by atoms with Crippen LogP contribution < -0.4 is 4.74 Å². The molecule has 2 aromatic carbocycles. The quantitative estimate of drug-likeness (QED) is 0.520. The second-order valence-corrected chi connectivity index (χ2v) is 8.13.